The molecule has 1 N–H and O–H groups in total. The van der Waals surface area contributed by atoms with Crippen molar-refractivity contribution in [1.29, 1.82) is 0 Å². The summed E-state index contributed by atoms with van der Waals surface area (Å²) in [5, 5.41) is 3.14. The molecule has 0 aliphatic heterocycles. The van der Waals surface area contributed by atoms with Gasteiger partial charge >= 0.3 is 6.01 Å². The second-order valence-electron chi connectivity index (χ2n) is 3.41. The molecule has 2 aromatic rings. The van der Waals surface area contributed by atoms with Gasteiger partial charge in [-0.15, -0.1) is 0 Å². The van der Waals surface area contributed by atoms with Gasteiger partial charge in [0.25, 0.3) is 0 Å². The third-order valence-electron chi connectivity index (χ3n) is 2.16. The summed E-state index contributed by atoms with van der Waals surface area (Å²) in [6.07, 6.45) is 2.53. The molecule has 2 rings (SSSR count). The van der Waals surface area contributed by atoms with Gasteiger partial charge in [0.15, 0.2) is 0 Å². The molecule has 94 valence electrons. The molecule has 18 heavy (non-hydrogen) atoms. The Bertz CT molecular complexity index is 508. The largest absolute Gasteiger partial charge is 0.467 e. The lowest BCUT2D eigenvalue weighted by Gasteiger charge is -2.05. The normalized spacial score (nSPS) is 10.1. The van der Waals surface area contributed by atoms with Crippen molar-refractivity contribution in [3.05, 3.63) is 35.4 Å². The summed E-state index contributed by atoms with van der Waals surface area (Å²) >= 11 is 5.73. The summed E-state index contributed by atoms with van der Waals surface area (Å²) in [5.41, 5.74) is 0.997. The quantitative estimate of drug-likeness (QED) is 0.885. The van der Waals surface area contributed by atoms with Crippen LogP contribution < -0.4 is 10.1 Å². The molecule has 0 radical (unpaired) electrons. The molecular formula is C11H12ClN5O. The van der Waals surface area contributed by atoms with Gasteiger partial charge in [-0.1, -0.05) is 6.07 Å². The van der Waals surface area contributed by atoms with Gasteiger partial charge in [0.1, 0.15) is 0 Å². The van der Waals surface area contributed by atoms with Crippen molar-refractivity contribution in [2.45, 2.75) is 6.42 Å². The van der Waals surface area contributed by atoms with E-state index in [2.05, 4.69) is 25.3 Å². The number of aromatic nitrogens is 4. The molecule has 0 bridgehead atoms. The summed E-state index contributed by atoms with van der Waals surface area (Å²) < 4.78 is 4.90. The molecule has 0 atom stereocenters. The summed E-state index contributed by atoms with van der Waals surface area (Å²) in [6.45, 7) is 0.653. The predicted octanol–water partition coefficient (Wildman–Crippen LogP) is 1.58. The van der Waals surface area contributed by atoms with E-state index in [1.165, 1.54) is 7.11 Å². The van der Waals surface area contributed by atoms with Crippen LogP contribution >= 0.6 is 11.6 Å². The van der Waals surface area contributed by atoms with Crippen LogP contribution in [-0.2, 0) is 6.42 Å². The first-order valence-electron chi connectivity index (χ1n) is 5.37. The highest BCUT2D eigenvalue weighted by Crippen LogP contribution is 2.10. The maximum atomic E-state index is 5.73. The number of hydrogen-bond acceptors (Lipinski definition) is 6. The average molecular weight is 266 g/mol. The van der Waals surface area contributed by atoms with Gasteiger partial charge < -0.3 is 10.1 Å². The van der Waals surface area contributed by atoms with E-state index in [-0.39, 0.29) is 11.3 Å². The summed E-state index contributed by atoms with van der Waals surface area (Å²) in [7, 11) is 1.48. The van der Waals surface area contributed by atoms with Crippen LogP contribution in [0.5, 0.6) is 6.01 Å². The number of methoxy groups -OCH3 is 1. The molecule has 0 amide bonds. The van der Waals surface area contributed by atoms with Gasteiger partial charge in [0.2, 0.25) is 11.2 Å². The average Bonchev–Trinajstić information content (AvgIpc) is 2.39. The van der Waals surface area contributed by atoms with Crippen LogP contribution in [0.3, 0.4) is 0 Å². The Labute approximate surface area is 109 Å². The highest BCUT2D eigenvalue weighted by molar-refractivity contribution is 6.28. The first-order valence-corrected chi connectivity index (χ1v) is 5.75. The Balaban J connectivity index is 1.92. The van der Waals surface area contributed by atoms with Crippen molar-refractivity contribution in [3.63, 3.8) is 0 Å². The number of hydrogen-bond donors (Lipinski definition) is 1. The molecule has 2 aromatic heterocycles. The van der Waals surface area contributed by atoms with Gasteiger partial charge in [0, 0.05) is 24.9 Å². The van der Waals surface area contributed by atoms with E-state index in [1.807, 2.05) is 18.2 Å². The van der Waals surface area contributed by atoms with Crippen LogP contribution in [0, 0.1) is 0 Å². The van der Waals surface area contributed by atoms with E-state index in [4.69, 9.17) is 16.3 Å². The molecule has 0 fully saturated rings. The maximum Gasteiger partial charge on any atom is 0.322 e. The maximum absolute atomic E-state index is 5.73. The Hall–Kier alpha value is -1.95. The Kier molecular flexibility index (Phi) is 4.25. The molecule has 0 saturated carbocycles. The molecule has 0 saturated heterocycles. The third kappa shape index (κ3) is 3.53. The Morgan fingerprint density at radius 2 is 2.17 bits per heavy atom. The van der Waals surface area contributed by atoms with Gasteiger partial charge in [-0.05, 0) is 23.7 Å². The second kappa shape index (κ2) is 6.11. The number of pyridine rings is 1. The van der Waals surface area contributed by atoms with E-state index in [9.17, 15) is 0 Å². The van der Waals surface area contributed by atoms with Gasteiger partial charge in [-0.25, -0.2) is 0 Å². The molecular weight excluding hydrogens is 254 g/mol. The number of ether oxygens (including phenoxy) is 1. The zero-order valence-corrected chi connectivity index (χ0v) is 10.6. The monoisotopic (exact) mass is 265 g/mol. The van der Waals surface area contributed by atoms with Crippen LogP contribution in [0.2, 0.25) is 5.28 Å². The lowest BCUT2D eigenvalue weighted by atomic mass is 10.3. The van der Waals surface area contributed by atoms with Gasteiger partial charge in [0.05, 0.1) is 7.11 Å². The molecule has 0 aromatic carbocycles. The molecule has 7 heteroatoms. The van der Waals surface area contributed by atoms with Crippen molar-refractivity contribution in [3.8, 4) is 6.01 Å². The SMILES string of the molecule is COc1nc(Cl)nc(NCCc2ccccn2)n1. The van der Waals surface area contributed by atoms with Gasteiger partial charge in [-0.3, -0.25) is 4.98 Å². The number of halogens is 1. The van der Waals surface area contributed by atoms with Crippen LogP contribution in [0.4, 0.5) is 5.95 Å². The number of nitrogens with zero attached hydrogens (tertiary/aromatic N) is 4. The van der Waals surface area contributed by atoms with Crippen molar-refractivity contribution in [2.75, 3.05) is 19.0 Å². The fourth-order valence-electron chi connectivity index (χ4n) is 1.35. The molecule has 2 heterocycles. The third-order valence-corrected chi connectivity index (χ3v) is 2.33. The lowest BCUT2D eigenvalue weighted by molar-refractivity contribution is 0.379. The van der Waals surface area contributed by atoms with Crippen LogP contribution in [0.1, 0.15) is 5.69 Å². The summed E-state index contributed by atoms with van der Waals surface area (Å²) in [5.74, 6) is 0.391. The molecule has 0 unspecified atom stereocenters. The smallest absolute Gasteiger partial charge is 0.322 e. The first-order chi connectivity index (χ1) is 8.78. The molecule has 0 aliphatic carbocycles. The zero-order valence-electron chi connectivity index (χ0n) is 9.80. The minimum atomic E-state index is 0.0992. The summed E-state index contributed by atoms with van der Waals surface area (Å²) in [4.78, 5) is 16.0. The fraction of sp³-hybridized carbons (Fsp3) is 0.273. The number of anilines is 1. The highest BCUT2D eigenvalue weighted by Gasteiger charge is 2.04. The van der Waals surface area contributed by atoms with Crippen LogP contribution in [0.25, 0.3) is 0 Å². The standard InChI is InChI=1S/C11H12ClN5O/c1-18-11-16-9(12)15-10(17-11)14-7-5-8-4-2-3-6-13-8/h2-4,6H,5,7H2,1H3,(H,14,15,16,17). The molecule has 6 nitrogen and oxygen atoms in total. The number of nitrogens with one attached hydrogen (secondary N) is 1. The van der Waals surface area contributed by atoms with Crippen molar-refractivity contribution in [2.24, 2.45) is 0 Å². The fourth-order valence-corrected chi connectivity index (χ4v) is 1.50. The molecule has 0 aliphatic rings. The Morgan fingerprint density at radius 3 is 2.89 bits per heavy atom. The van der Waals surface area contributed by atoms with Crippen molar-refractivity contribution < 1.29 is 4.74 Å². The van der Waals surface area contributed by atoms with Gasteiger partial charge in [-0.2, -0.15) is 15.0 Å². The minimum absolute atomic E-state index is 0.0992. The van der Waals surface area contributed by atoms with Crippen LogP contribution in [-0.4, -0.2) is 33.6 Å². The predicted molar refractivity (Wildman–Crippen MR) is 67.8 cm³/mol. The Morgan fingerprint density at radius 1 is 1.28 bits per heavy atom. The van der Waals surface area contributed by atoms with E-state index in [0.29, 0.717) is 12.5 Å². The minimum Gasteiger partial charge on any atom is -0.467 e. The van der Waals surface area contributed by atoms with Crippen molar-refractivity contribution in [1.82, 2.24) is 19.9 Å². The van der Waals surface area contributed by atoms with E-state index in [1.54, 1.807) is 6.20 Å². The molecule has 0 spiro atoms. The topological polar surface area (TPSA) is 72.8 Å². The summed E-state index contributed by atoms with van der Waals surface area (Å²) in [6, 6.07) is 5.98. The zero-order chi connectivity index (χ0) is 12.8. The lowest BCUT2D eigenvalue weighted by Crippen LogP contribution is -2.10. The van der Waals surface area contributed by atoms with E-state index >= 15 is 0 Å². The van der Waals surface area contributed by atoms with Crippen molar-refractivity contribution >= 4 is 17.5 Å². The first kappa shape index (κ1) is 12.5. The number of rotatable bonds is 5. The van der Waals surface area contributed by atoms with Crippen LogP contribution in [0.15, 0.2) is 24.4 Å². The van der Waals surface area contributed by atoms with E-state index in [0.717, 1.165) is 12.1 Å². The highest BCUT2D eigenvalue weighted by atomic mass is 35.5. The second-order valence-corrected chi connectivity index (χ2v) is 3.75. The van der Waals surface area contributed by atoms with E-state index < -0.39 is 0 Å².